The van der Waals surface area contributed by atoms with Crippen LogP contribution in [0.3, 0.4) is 0 Å². The molecule has 2 aromatic rings. The number of Topliss-reactive ketones (excluding diaryl/α,β-unsaturated/α-hetero) is 1. The standard InChI is InChI=1S/C34H40O16/c1-12-8-15-20(26-19(12)27-29-33(40,48-26)32(11-44-32)34(49-27,50-29)30(42-6)43-7)24(38)22-21(25(15)41-5)17(9-16(36)23(22)37)47-18-10-31(4,39)28(13(2)45-18)46-14(3)35/h8,13,16-18,27-30,36,38-40H,9-11H2,1-7H3. The van der Waals surface area contributed by atoms with Crippen molar-refractivity contribution in [3.05, 3.63) is 28.3 Å². The minimum Gasteiger partial charge on any atom is -0.506 e. The van der Waals surface area contributed by atoms with Crippen molar-refractivity contribution in [2.75, 3.05) is 27.9 Å². The number of rotatable bonds is 7. The van der Waals surface area contributed by atoms with Crippen LogP contribution < -0.4 is 9.47 Å². The second-order valence-corrected chi connectivity index (χ2v) is 14.1. The van der Waals surface area contributed by atoms with Crippen LogP contribution in [0.15, 0.2) is 6.07 Å². The molecule has 5 aliphatic heterocycles. The quantitative estimate of drug-likeness (QED) is 0.182. The van der Waals surface area contributed by atoms with E-state index >= 15 is 0 Å². The van der Waals surface area contributed by atoms with Crippen molar-refractivity contribution >= 4 is 22.5 Å². The third kappa shape index (κ3) is 4.17. The minimum atomic E-state index is -2.13. The largest absolute Gasteiger partial charge is 0.506 e. The highest BCUT2D eigenvalue weighted by atomic mass is 16.9. The number of hydrogen-bond donors (Lipinski definition) is 4. The zero-order chi connectivity index (χ0) is 35.9. The van der Waals surface area contributed by atoms with E-state index in [9.17, 15) is 30.0 Å². The Bertz CT molecular complexity index is 1800. The third-order valence-corrected chi connectivity index (χ3v) is 11.0. The number of ether oxygens (including phenoxy) is 10. The number of methoxy groups -OCH3 is 3. The molecule has 0 amide bonds. The molecule has 50 heavy (non-hydrogen) atoms. The molecule has 0 saturated carbocycles. The topological polar surface area (TPSA) is 211 Å². The van der Waals surface area contributed by atoms with Crippen molar-refractivity contribution in [2.24, 2.45) is 0 Å². The van der Waals surface area contributed by atoms with E-state index in [0.29, 0.717) is 16.5 Å². The van der Waals surface area contributed by atoms with Gasteiger partial charge >= 0.3 is 5.97 Å². The molecular formula is C34H40O16. The number of benzene rings is 2. The van der Waals surface area contributed by atoms with E-state index in [2.05, 4.69) is 0 Å². The Hall–Kier alpha value is -3.16. The molecule has 4 saturated heterocycles. The van der Waals surface area contributed by atoms with Crippen molar-refractivity contribution in [3.8, 4) is 17.2 Å². The van der Waals surface area contributed by atoms with E-state index in [4.69, 9.17) is 47.4 Å². The van der Waals surface area contributed by atoms with Gasteiger partial charge in [-0.15, -0.1) is 0 Å². The first-order valence-electron chi connectivity index (χ1n) is 16.4. The Kier molecular flexibility index (Phi) is 7.42. The third-order valence-electron chi connectivity index (χ3n) is 11.0. The van der Waals surface area contributed by atoms with Crippen LogP contribution in [0.4, 0.5) is 0 Å². The number of aromatic hydroxyl groups is 1. The fraction of sp³-hybridized carbons (Fsp3) is 0.647. The predicted molar refractivity (Wildman–Crippen MR) is 164 cm³/mol. The fourth-order valence-corrected chi connectivity index (χ4v) is 8.84. The first-order valence-corrected chi connectivity index (χ1v) is 16.4. The minimum absolute atomic E-state index is 0.0141. The molecule has 4 fully saturated rings. The molecule has 2 bridgehead atoms. The molecule has 6 aliphatic rings. The maximum atomic E-state index is 13.7. The van der Waals surface area contributed by atoms with Crippen LogP contribution >= 0.6 is 0 Å². The van der Waals surface area contributed by atoms with E-state index in [-0.39, 0.29) is 47.5 Å². The van der Waals surface area contributed by atoms with Gasteiger partial charge in [-0.1, -0.05) is 0 Å². The number of aliphatic hydroxyl groups is 3. The van der Waals surface area contributed by atoms with Gasteiger partial charge in [0.2, 0.25) is 11.9 Å². The number of epoxide rings is 1. The average molecular weight is 705 g/mol. The molecule has 11 atom stereocenters. The second-order valence-electron chi connectivity index (χ2n) is 14.1. The predicted octanol–water partition coefficient (Wildman–Crippen LogP) is 1.32. The van der Waals surface area contributed by atoms with E-state index in [1.807, 2.05) is 0 Å². The monoisotopic (exact) mass is 704 g/mol. The summed E-state index contributed by atoms with van der Waals surface area (Å²) < 4.78 is 59.7. The van der Waals surface area contributed by atoms with Crippen molar-refractivity contribution in [3.63, 3.8) is 0 Å². The SMILES string of the molecule is COc1c2c(c(O)c3c4c(c(C)cc13)C1OC3(C(OC)OC)OC1C(O)(O4)C31CO1)C(=O)C(O)CC2OC1CC(C)(O)C(OC(C)=O)C(C)O1. The molecule has 8 rings (SSSR count). The van der Waals surface area contributed by atoms with Gasteiger partial charge in [0.05, 0.1) is 36.9 Å². The van der Waals surface area contributed by atoms with Crippen LogP contribution in [0.25, 0.3) is 10.8 Å². The number of phenolic OH excluding ortho intramolecular Hbond substituents is 1. The maximum Gasteiger partial charge on any atom is 0.303 e. The van der Waals surface area contributed by atoms with E-state index < -0.39 is 89.5 Å². The van der Waals surface area contributed by atoms with Gasteiger partial charge in [0, 0.05) is 50.5 Å². The highest BCUT2D eigenvalue weighted by Gasteiger charge is 2.92. The molecule has 0 aromatic heterocycles. The van der Waals surface area contributed by atoms with Gasteiger partial charge in [-0.05, 0) is 32.4 Å². The van der Waals surface area contributed by atoms with E-state index in [1.165, 1.54) is 35.2 Å². The van der Waals surface area contributed by atoms with Crippen molar-refractivity contribution < 1.29 is 77.4 Å². The normalized spacial score (nSPS) is 40.9. The summed E-state index contributed by atoms with van der Waals surface area (Å²) in [5.41, 5.74) is -2.13. The lowest BCUT2D eigenvalue weighted by molar-refractivity contribution is -0.344. The van der Waals surface area contributed by atoms with Gasteiger partial charge in [-0.3, -0.25) is 9.59 Å². The Morgan fingerprint density at radius 3 is 2.42 bits per heavy atom. The summed E-state index contributed by atoms with van der Waals surface area (Å²) in [7, 11) is 4.20. The molecule has 0 radical (unpaired) electrons. The molecule has 1 aliphatic carbocycles. The summed E-state index contributed by atoms with van der Waals surface area (Å²) in [5, 5.41) is 46.8. The summed E-state index contributed by atoms with van der Waals surface area (Å²) in [4.78, 5) is 25.4. The Morgan fingerprint density at radius 1 is 1.12 bits per heavy atom. The lowest BCUT2D eigenvalue weighted by Crippen LogP contribution is -2.69. The fourth-order valence-electron chi connectivity index (χ4n) is 8.84. The number of ketones is 1. The van der Waals surface area contributed by atoms with Gasteiger partial charge < -0.3 is 67.8 Å². The molecule has 1 spiro atoms. The Morgan fingerprint density at radius 2 is 1.82 bits per heavy atom. The van der Waals surface area contributed by atoms with Crippen LogP contribution in [0.1, 0.15) is 72.9 Å². The van der Waals surface area contributed by atoms with Gasteiger partial charge in [-0.25, -0.2) is 0 Å². The molecule has 272 valence electrons. The smallest absolute Gasteiger partial charge is 0.303 e. The number of phenols is 1. The summed E-state index contributed by atoms with van der Waals surface area (Å²) in [6, 6.07) is 1.73. The first-order chi connectivity index (χ1) is 23.6. The molecule has 16 heteroatoms. The van der Waals surface area contributed by atoms with Crippen molar-refractivity contribution in [2.45, 2.75) is 113 Å². The summed E-state index contributed by atoms with van der Waals surface area (Å²) in [6.45, 7) is 6.14. The highest BCUT2D eigenvalue weighted by Crippen LogP contribution is 2.71. The average Bonchev–Trinajstić information content (AvgIpc) is 3.72. The van der Waals surface area contributed by atoms with Gasteiger partial charge in [-0.2, -0.15) is 0 Å². The van der Waals surface area contributed by atoms with Crippen molar-refractivity contribution in [1.82, 2.24) is 0 Å². The maximum absolute atomic E-state index is 13.7. The van der Waals surface area contributed by atoms with Crippen LogP contribution in [-0.2, 0) is 42.7 Å². The van der Waals surface area contributed by atoms with Crippen LogP contribution in [-0.4, -0.2) is 120 Å². The Balaban J connectivity index is 1.25. The number of fused-ring (bicyclic) bond motifs is 8. The van der Waals surface area contributed by atoms with Gasteiger partial charge in [0.1, 0.15) is 35.1 Å². The lowest BCUT2D eigenvalue weighted by Gasteiger charge is -2.47. The van der Waals surface area contributed by atoms with Crippen LogP contribution in [0.5, 0.6) is 17.2 Å². The lowest BCUT2D eigenvalue weighted by atomic mass is 9.77. The van der Waals surface area contributed by atoms with Crippen LogP contribution in [0, 0.1) is 6.92 Å². The number of aryl methyl sites for hydroxylation is 1. The highest BCUT2D eigenvalue weighted by molar-refractivity contribution is 6.13. The molecule has 5 heterocycles. The van der Waals surface area contributed by atoms with Crippen LogP contribution in [0.2, 0.25) is 0 Å². The molecule has 16 nitrogen and oxygen atoms in total. The summed E-state index contributed by atoms with van der Waals surface area (Å²) in [5.74, 6) is -5.54. The zero-order valence-corrected chi connectivity index (χ0v) is 28.5. The molecular weight excluding hydrogens is 664 g/mol. The summed E-state index contributed by atoms with van der Waals surface area (Å²) >= 11 is 0. The number of esters is 1. The number of carbonyl (C=O) groups excluding carboxylic acids is 2. The van der Waals surface area contributed by atoms with E-state index in [0.717, 1.165) is 0 Å². The Labute approximate surface area is 285 Å². The van der Waals surface area contributed by atoms with Gasteiger partial charge in [0.25, 0.3) is 11.6 Å². The molecule has 2 aromatic carbocycles. The molecule has 4 N–H and O–H groups in total. The second kappa shape index (κ2) is 10.9. The number of aliphatic hydroxyl groups excluding tert-OH is 1. The summed E-state index contributed by atoms with van der Waals surface area (Å²) in [6.07, 6.45) is -8.88. The van der Waals surface area contributed by atoms with Gasteiger partial charge in [0.15, 0.2) is 24.3 Å². The number of carbonyl (C=O) groups is 2. The van der Waals surface area contributed by atoms with E-state index in [1.54, 1.807) is 19.9 Å². The zero-order valence-electron chi connectivity index (χ0n) is 28.5. The molecule has 11 unspecified atom stereocenters. The van der Waals surface area contributed by atoms with Crippen molar-refractivity contribution in [1.29, 1.82) is 0 Å². The first kappa shape index (κ1) is 34.0. The number of hydrogen-bond acceptors (Lipinski definition) is 16.